The topological polar surface area (TPSA) is 36.9 Å². The normalized spacial score (nSPS) is 17.7. The van der Waals surface area contributed by atoms with Gasteiger partial charge in [0, 0.05) is 0 Å². The smallest absolute Gasteiger partial charge is 0.120 e. The fourth-order valence-electron chi connectivity index (χ4n) is 2.37. The molecule has 0 aromatic heterocycles. The Hall–Kier alpha value is -2.30. The lowest BCUT2D eigenvalue weighted by atomic mass is 10.1. The summed E-state index contributed by atoms with van der Waals surface area (Å²) in [6.45, 7) is 3.26. The number of hydrogen-bond donors (Lipinski definition) is 0. The molecule has 0 amide bonds. The molecular formula is C20H22O4. The van der Waals surface area contributed by atoms with Crippen LogP contribution in [0.1, 0.15) is 11.1 Å². The quantitative estimate of drug-likeness (QED) is 0.740. The van der Waals surface area contributed by atoms with Gasteiger partial charge in [-0.15, -0.1) is 0 Å². The molecule has 3 rings (SSSR count). The van der Waals surface area contributed by atoms with Gasteiger partial charge in [0.15, 0.2) is 0 Å². The Morgan fingerprint density at radius 1 is 0.542 bits per heavy atom. The molecule has 1 aliphatic rings. The van der Waals surface area contributed by atoms with Crippen molar-refractivity contribution in [3.8, 4) is 11.5 Å². The lowest BCUT2D eigenvalue weighted by Gasteiger charge is -2.10. The first-order valence-corrected chi connectivity index (χ1v) is 8.19. The molecular weight excluding hydrogens is 304 g/mol. The lowest BCUT2D eigenvalue weighted by molar-refractivity contribution is 0.0273. The van der Waals surface area contributed by atoms with Crippen LogP contribution >= 0.6 is 0 Å². The van der Waals surface area contributed by atoms with Crippen LogP contribution in [0.25, 0.3) is 12.2 Å². The third-order valence-electron chi connectivity index (χ3n) is 3.55. The number of benzene rings is 2. The van der Waals surface area contributed by atoms with E-state index in [-0.39, 0.29) is 0 Å². The third-order valence-corrected chi connectivity index (χ3v) is 3.55. The molecule has 0 fully saturated rings. The summed E-state index contributed by atoms with van der Waals surface area (Å²) in [5.74, 6) is 1.69. The second-order valence-corrected chi connectivity index (χ2v) is 5.40. The van der Waals surface area contributed by atoms with E-state index in [4.69, 9.17) is 18.9 Å². The van der Waals surface area contributed by atoms with Gasteiger partial charge < -0.3 is 18.9 Å². The molecule has 0 aliphatic carbocycles. The summed E-state index contributed by atoms with van der Waals surface area (Å²) in [4.78, 5) is 0. The van der Waals surface area contributed by atoms with Gasteiger partial charge in [0.25, 0.3) is 0 Å². The van der Waals surface area contributed by atoms with Crippen LogP contribution < -0.4 is 9.47 Å². The third kappa shape index (κ3) is 5.41. The molecule has 4 nitrogen and oxygen atoms in total. The number of ether oxygens (including phenoxy) is 4. The minimum Gasteiger partial charge on any atom is -0.491 e. The minimum absolute atomic E-state index is 0.526. The van der Waals surface area contributed by atoms with Crippen LogP contribution in [0.3, 0.4) is 0 Å². The minimum atomic E-state index is 0.526. The molecule has 0 N–H and O–H groups in total. The van der Waals surface area contributed by atoms with Crippen molar-refractivity contribution in [2.75, 3.05) is 39.6 Å². The summed E-state index contributed by atoms with van der Waals surface area (Å²) in [5, 5.41) is 0. The van der Waals surface area contributed by atoms with Gasteiger partial charge in [0.1, 0.15) is 24.7 Å². The molecule has 4 heteroatoms. The van der Waals surface area contributed by atoms with Crippen LogP contribution in [0.15, 0.2) is 48.5 Å². The highest BCUT2D eigenvalue weighted by Gasteiger charge is 1.99. The number of hydrogen-bond acceptors (Lipinski definition) is 4. The van der Waals surface area contributed by atoms with Gasteiger partial charge in [-0.3, -0.25) is 0 Å². The SMILES string of the molecule is C1=C\c2cccc(c2)OCCOCCOCCOc2cccc/1c2. The van der Waals surface area contributed by atoms with Gasteiger partial charge in [0.2, 0.25) is 0 Å². The summed E-state index contributed by atoms with van der Waals surface area (Å²) in [7, 11) is 0. The predicted octanol–water partition coefficient (Wildman–Crippen LogP) is 3.66. The highest BCUT2D eigenvalue weighted by atomic mass is 16.6. The fraction of sp³-hybridized carbons (Fsp3) is 0.300. The zero-order valence-corrected chi connectivity index (χ0v) is 13.6. The Morgan fingerprint density at radius 3 is 1.50 bits per heavy atom. The van der Waals surface area contributed by atoms with Crippen LogP contribution in [-0.2, 0) is 9.47 Å². The zero-order valence-electron chi connectivity index (χ0n) is 13.6. The molecule has 1 aliphatic heterocycles. The van der Waals surface area contributed by atoms with E-state index < -0.39 is 0 Å². The van der Waals surface area contributed by atoms with Gasteiger partial charge in [-0.05, 0) is 35.4 Å². The van der Waals surface area contributed by atoms with E-state index in [1.807, 2.05) is 36.4 Å². The van der Waals surface area contributed by atoms with Gasteiger partial charge in [-0.1, -0.05) is 36.4 Å². The Balaban J connectivity index is 1.74. The summed E-state index contributed by atoms with van der Waals surface area (Å²) in [6, 6.07) is 16.0. The number of rotatable bonds is 0. The van der Waals surface area contributed by atoms with Crippen LogP contribution in [0, 0.1) is 0 Å². The Labute approximate surface area is 142 Å². The molecule has 126 valence electrons. The monoisotopic (exact) mass is 326 g/mol. The molecule has 1 heterocycles. The van der Waals surface area contributed by atoms with Crippen molar-refractivity contribution in [1.29, 1.82) is 0 Å². The first-order chi connectivity index (χ1) is 11.9. The van der Waals surface area contributed by atoms with E-state index in [0.29, 0.717) is 39.6 Å². The zero-order chi connectivity index (χ0) is 16.5. The van der Waals surface area contributed by atoms with Crippen LogP contribution in [-0.4, -0.2) is 39.6 Å². The van der Waals surface area contributed by atoms with E-state index in [0.717, 1.165) is 22.6 Å². The predicted molar refractivity (Wildman–Crippen MR) is 94.4 cm³/mol. The van der Waals surface area contributed by atoms with Crippen molar-refractivity contribution in [3.63, 3.8) is 0 Å². The summed E-state index contributed by atoms with van der Waals surface area (Å²) in [6.07, 6.45) is 4.13. The second-order valence-electron chi connectivity index (χ2n) is 5.40. The largest absolute Gasteiger partial charge is 0.491 e. The highest BCUT2D eigenvalue weighted by Crippen LogP contribution is 2.18. The van der Waals surface area contributed by atoms with Crippen molar-refractivity contribution in [3.05, 3.63) is 59.7 Å². The fourth-order valence-corrected chi connectivity index (χ4v) is 2.37. The molecule has 24 heavy (non-hydrogen) atoms. The number of fused-ring (bicyclic) bond motifs is 4. The maximum atomic E-state index is 5.72. The van der Waals surface area contributed by atoms with Crippen LogP contribution in [0.4, 0.5) is 0 Å². The molecule has 4 bridgehead atoms. The van der Waals surface area contributed by atoms with E-state index in [1.54, 1.807) is 0 Å². The van der Waals surface area contributed by atoms with E-state index >= 15 is 0 Å². The first-order valence-electron chi connectivity index (χ1n) is 8.19. The summed E-state index contributed by atoms with van der Waals surface area (Å²) < 4.78 is 22.4. The molecule has 0 spiro atoms. The average Bonchev–Trinajstić information content (AvgIpc) is 2.62. The summed E-state index contributed by atoms with van der Waals surface area (Å²) in [5.41, 5.74) is 2.18. The average molecular weight is 326 g/mol. The highest BCUT2D eigenvalue weighted by molar-refractivity contribution is 5.70. The van der Waals surface area contributed by atoms with Crippen LogP contribution in [0.5, 0.6) is 11.5 Å². The molecule has 2 aromatic carbocycles. The Kier molecular flexibility index (Phi) is 6.28. The van der Waals surface area contributed by atoms with Crippen LogP contribution in [0.2, 0.25) is 0 Å². The molecule has 0 saturated heterocycles. The second kappa shape index (κ2) is 9.11. The molecule has 0 atom stereocenters. The van der Waals surface area contributed by atoms with Crippen molar-refractivity contribution in [2.45, 2.75) is 0 Å². The maximum absolute atomic E-state index is 5.72. The van der Waals surface area contributed by atoms with E-state index in [9.17, 15) is 0 Å². The van der Waals surface area contributed by atoms with Crippen molar-refractivity contribution in [2.24, 2.45) is 0 Å². The van der Waals surface area contributed by atoms with Gasteiger partial charge in [0.05, 0.1) is 26.4 Å². The van der Waals surface area contributed by atoms with Crippen molar-refractivity contribution >= 4 is 12.2 Å². The van der Waals surface area contributed by atoms with Gasteiger partial charge in [-0.25, -0.2) is 0 Å². The molecule has 0 unspecified atom stereocenters. The van der Waals surface area contributed by atoms with Gasteiger partial charge in [-0.2, -0.15) is 0 Å². The standard InChI is InChI=1S/C20H22O4/c1-3-17-7-8-18-4-2-6-20(16-18)24-14-12-22-10-9-21-11-13-23-19(5-1)15-17/h1-8,15-16H,9-14H2/b8-7-. The van der Waals surface area contributed by atoms with E-state index in [2.05, 4.69) is 24.3 Å². The van der Waals surface area contributed by atoms with Crippen molar-refractivity contribution in [1.82, 2.24) is 0 Å². The van der Waals surface area contributed by atoms with E-state index in [1.165, 1.54) is 0 Å². The lowest BCUT2D eigenvalue weighted by Crippen LogP contribution is -2.13. The first kappa shape index (κ1) is 16.6. The Bertz CT molecular complexity index is 609. The molecule has 0 saturated carbocycles. The molecule has 2 aromatic rings. The molecule has 0 radical (unpaired) electrons. The Morgan fingerprint density at radius 2 is 1.00 bits per heavy atom. The van der Waals surface area contributed by atoms with Crippen molar-refractivity contribution < 1.29 is 18.9 Å². The van der Waals surface area contributed by atoms with Gasteiger partial charge >= 0.3 is 0 Å². The maximum Gasteiger partial charge on any atom is 0.120 e. The summed E-state index contributed by atoms with van der Waals surface area (Å²) >= 11 is 0.